The molecule has 6 nitrogen and oxygen atoms in total. The molecule has 0 aliphatic heterocycles. The summed E-state index contributed by atoms with van der Waals surface area (Å²) in [5, 5.41) is 11.5. The summed E-state index contributed by atoms with van der Waals surface area (Å²) in [5.41, 5.74) is 7.38. The fourth-order valence-corrected chi connectivity index (χ4v) is 2.01. The Morgan fingerprint density at radius 3 is 2.74 bits per heavy atom. The number of anilines is 1. The number of pyridine rings is 1. The normalized spacial score (nSPS) is 10.7. The third-order valence-electron chi connectivity index (χ3n) is 2.93. The highest BCUT2D eigenvalue weighted by Gasteiger charge is 2.09. The first kappa shape index (κ1) is 11.2. The second-order valence-electron chi connectivity index (χ2n) is 4.13. The molecule has 2 N–H and O–H groups in total. The smallest absolute Gasteiger partial charge is 0.270 e. The molecule has 1 aromatic carbocycles. The molecule has 94 valence electrons. The fraction of sp³-hybridized carbons (Fsp3) is 0. The Hall–Kier alpha value is -2.89. The highest BCUT2D eigenvalue weighted by atomic mass is 16.6. The molecule has 3 rings (SSSR count). The van der Waals surface area contributed by atoms with Gasteiger partial charge in [0.1, 0.15) is 5.82 Å². The van der Waals surface area contributed by atoms with Crippen molar-refractivity contribution >= 4 is 22.4 Å². The quantitative estimate of drug-likeness (QED) is 0.562. The van der Waals surface area contributed by atoms with Gasteiger partial charge in [-0.3, -0.25) is 10.1 Å². The second kappa shape index (κ2) is 4.09. The number of benzene rings is 1. The van der Waals surface area contributed by atoms with Gasteiger partial charge in [-0.2, -0.15) is 0 Å². The minimum atomic E-state index is -0.401. The van der Waals surface area contributed by atoms with Crippen LogP contribution in [0.15, 0.2) is 48.8 Å². The average Bonchev–Trinajstić information content (AvgIpc) is 2.82. The van der Waals surface area contributed by atoms with Gasteiger partial charge in [0.05, 0.1) is 22.3 Å². The van der Waals surface area contributed by atoms with Gasteiger partial charge in [0.2, 0.25) is 0 Å². The van der Waals surface area contributed by atoms with Gasteiger partial charge in [-0.25, -0.2) is 4.98 Å². The zero-order valence-corrected chi connectivity index (χ0v) is 9.85. The topological polar surface area (TPSA) is 87.0 Å². The van der Waals surface area contributed by atoms with Crippen molar-refractivity contribution < 1.29 is 4.92 Å². The molecule has 0 spiro atoms. The maximum absolute atomic E-state index is 10.7. The van der Waals surface area contributed by atoms with E-state index in [2.05, 4.69) is 4.98 Å². The predicted molar refractivity (Wildman–Crippen MR) is 72.1 cm³/mol. The third-order valence-corrected chi connectivity index (χ3v) is 2.93. The van der Waals surface area contributed by atoms with E-state index in [0.29, 0.717) is 5.82 Å². The van der Waals surface area contributed by atoms with Crippen LogP contribution in [0, 0.1) is 10.1 Å². The summed E-state index contributed by atoms with van der Waals surface area (Å²) in [4.78, 5) is 14.4. The molecule has 3 aromatic rings. The van der Waals surface area contributed by atoms with Crippen molar-refractivity contribution in [3.8, 4) is 5.69 Å². The zero-order valence-electron chi connectivity index (χ0n) is 9.85. The second-order valence-corrected chi connectivity index (χ2v) is 4.13. The summed E-state index contributed by atoms with van der Waals surface area (Å²) in [7, 11) is 0. The number of nitro benzene ring substituents is 1. The first-order chi connectivity index (χ1) is 9.15. The van der Waals surface area contributed by atoms with Crippen LogP contribution < -0.4 is 5.73 Å². The summed E-state index contributed by atoms with van der Waals surface area (Å²) < 4.78 is 1.91. The minimum absolute atomic E-state index is 0.0840. The van der Waals surface area contributed by atoms with Gasteiger partial charge >= 0.3 is 0 Å². The SMILES string of the molecule is Nc1ccc(-n2ccc3cc([N+](=O)[O-])ccc32)cn1. The van der Waals surface area contributed by atoms with Crippen molar-refractivity contribution in [1.82, 2.24) is 9.55 Å². The van der Waals surface area contributed by atoms with E-state index in [4.69, 9.17) is 5.73 Å². The van der Waals surface area contributed by atoms with Crippen LogP contribution in [0.2, 0.25) is 0 Å². The van der Waals surface area contributed by atoms with E-state index in [-0.39, 0.29) is 5.69 Å². The lowest BCUT2D eigenvalue weighted by atomic mass is 10.2. The molecule has 0 fully saturated rings. The minimum Gasteiger partial charge on any atom is -0.384 e. The third kappa shape index (κ3) is 1.89. The Balaban J connectivity index is 2.15. The number of rotatable bonds is 2. The van der Waals surface area contributed by atoms with Crippen LogP contribution in [0.3, 0.4) is 0 Å². The van der Waals surface area contributed by atoms with Crippen LogP contribution >= 0.6 is 0 Å². The number of hydrogen-bond acceptors (Lipinski definition) is 4. The number of fused-ring (bicyclic) bond motifs is 1. The standard InChI is InChI=1S/C13H10N4O2/c14-13-4-2-11(8-15-13)16-6-5-9-7-10(17(18)19)1-3-12(9)16/h1-8H,(H2,14,15). The lowest BCUT2D eigenvalue weighted by Gasteiger charge is -2.04. The molecular weight excluding hydrogens is 244 g/mol. The van der Waals surface area contributed by atoms with Gasteiger partial charge in [-0.15, -0.1) is 0 Å². The first-order valence-corrected chi connectivity index (χ1v) is 5.62. The van der Waals surface area contributed by atoms with E-state index in [0.717, 1.165) is 16.6 Å². The Morgan fingerprint density at radius 2 is 2.05 bits per heavy atom. The molecule has 6 heteroatoms. The highest BCUT2D eigenvalue weighted by molar-refractivity contribution is 5.84. The van der Waals surface area contributed by atoms with E-state index in [1.807, 2.05) is 22.9 Å². The first-order valence-electron chi connectivity index (χ1n) is 5.62. The van der Waals surface area contributed by atoms with Crippen LogP contribution in [0.5, 0.6) is 0 Å². The largest absolute Gasteiger partial charge is 0.384 e. The molecule has 0 saturated carbocycles. The molecule has 2 aromatic heterocycles. The van der Waals surface area contributed by atoms with Gasteiger partial charge in [-0.05, 0) is 24.3 Å². The molecule has 0 saturated heterocycles. The summed E-state index contributed by atoms with van der Waals surface area (Å²) in [5.74, 6) is 0.454. The number of nitrogens with two attached hydrogens (primary N) is 1. The van der Waals surface area contributed by atoms with E-state index in [1.54, 1.807) is 24.4 Å². The number of nitrogen functional groups attached to an aromatic ring is 1. The van der Waals surface area contributed by atoms with Crippen LogP contribution in [-0.2, 0) is 0 Å². The maximum Gasteiger partial charge on any atom is 0.270 e. The molecule has 0 aliphatic rings. The van der Waals surface area contributed by atoms with Crippen molar-refractivity contribution in [2.75, 3.05) is 5.73 Å². The maximum atomic E-state index is 10.7. The van der Waals surface area contributed by atoms with E-state index < -0.39 is 4.92 Å². The summed E-state index contributed by atoms with van der Waals surface area (Å²) in [6, 6.07) is 10.2. The molecule has 0 aliphatic carbocycles. The van der Waals surface area contributed by atoms with Gasteiger partial charge < -0.3 is 10.3 Å². The van der Waals surface area contributed by atoms with Gasteiger partial charge in [0.25, 0.3) is 5.69 Å². The molecule has 0 bridgehead atoms. The summed E-state index contributed by atoms with van der Waals surface area (Å²) >= 11 is 0. The van der Waals surface area contributed by atoms with Crippen LogP contribution in [0.4, 0.5) is 11.5 Å². The Bertz CT molecular complexity index is 762. The van der Waals surface area contributed by atoms with Crippen molar-refractivity contribution in [1.29, 1.82) is 0 Å². The van der Waals surface area contributed by atoms with Gasteiger partial charge in [0, 0.05) is 23.7 Å². The van der Waals surface area contributed by atoms with E-state index >= 15 is 0 Å². The molecular formula is C13H10N4O2. The lowest BCUT2D eigenvalue weighted by Crippen LogP contribution is -1.95. The molecule has 0 radical (unpaired) electrons. The number of nitrogens with zero attached hydrogens (tertiary/aromatic N) is 3. The van der Waals surface area contributed by atoms with Crippen molar-refractivity contribution in [2.45, 2.75) is 0 Å². The van der Waals surface area contributed by atoms with Gasteiger partial charge in [0.15, 0.2) is 0 Å². The van der Waals surface area contributed by atoms with Crippen molar-refractivity contribution in [2.24, 2.45) is 0 Å². The van der Waals surface area contributed by atoms with E-state index in [1.165, 1.54) is 6.07 Å². The monoisotopic (exact) mass is 254 g/mol. The Kier molecular flexibility index (Phi) is 2.42. The van der Waals surface area contributed by atoms with Crippen LogP contribution in [0.25, 0.3) is 16.6 Å². The molecule has 0 atom stereocenters. The number of hydrogen-bond donors (Lipinski definition) is 1. The van der Waals surface area contributed by atoms with Crippen LogP contribution in [0.1, 0.15) is 0 Å². The lowest BCUT2D eigenvalue weighted by molar-refractivity contribution is -0.384. The van der Waals surface area contributed by atoms with Crippen molar-refractivity contribution in [3.05, 3.63) is 58.9 Å². The zero-order chi connectivity index (χ0) is 13.4. The molecule has 0 amide bonds. The van der Waals surface area contributed by atoms with E-state index in [9.17, 15) is 10.1 Å². The highest BCUT2D eigenvalue weighted by Crippen LogP contribution is 2.24. The number of aromatic nitrogens is 2. The average molecular weight is 254 g/mol. The fourth-order valence-electron chi connectivity index (χ4n) is 2.01. The number of non-ortho nitro benzene ring substituents is 1. The Morgan fingerprint density at radius 1 is 1.21 bits per heavy atom. The Labute approximate surface area is 108 Å². The molecule has 19 heavy (non-hydrogen) atoms. The molecule has 0 unspecified atom stereocenters. The summed E-state index contributed by atoms with van der Waals surface area (Å²) in [6.45, 7) is 0. The van der Waals surface area contributed by atoms with Crippen molar-refractivity contribution in [3.63, 3.8) is 0 Å². The van der Waals surface area contributed by atoms with Gasteiger partial charge in [-0.1, -0.05) is 0 Å². The molecule has 2 heterocycles. The summed E-state index contributed by atoms with van der Waals surface area (Å²) in [6.07, 6.45) is 3.51. The predicted octanol–water partition coefficient (Wildman–Crippen LogP) is 2.52. The van der Waals surface area contributed by atoms with Crippen LogP contribution in [-0.4, -0.2) is 14.5 Å². The number of nitro groups is 1.